The number of aryl methyl sites for hydroxylation is 2. The van der Waals surface area contributed by atoms with Crippen LogP contribution in [-0.4, -0.2) is 28.5 Å². The molecule has 0 spiro atoms. The number of nitrogens with zero attached hydrogens (tertiary/aromatic N) is 2. The highest BCUT2D eigenvalue weighted by Crippen LogP contribution is 2.30. The SMILES string of the molecule is CCCCCCn1cnc2c(F)c(Cc3ccc(Cl)cc3C)c(C(=O)COCC3CC3)cc21. The van der Waals surface area contributed by atoms with Gasteiger partial charge in [-0.25, -0.2) is 9.37 Å². The van der Waals surface area contributed by atoms with Crippen molar-refractivity contribution in [3.63, 3.8) is 0 Å². The van der Waals surface area contributed by atoms with Crippen LogP contribution in [0, 0.1) is 18.7 Å². The predicted molar refractivity (Wildman–Crippen MR) is 131 cm³/mol. The second-order valence-corrected chi connectivity index (χ2v) is 9.65. The number of carbonyl (C=O) groups excluding carboxylic acids is 1. The third-order valence-corrected chi connectivity index (χ3v) is 6.70. The van der Waals surface area contributed by atoms with Gasteiger partial charge in [0.1, 0.15) is 12.1 Å². The number of ether oxygens (including phenoxy) is 1. The molecule has 1 fully saturated rings. The van der Waals surface area contributed by atoms with Gasteiger partial charge in [-0.2, -0.15) is 0 Å². The molecule has 1 aliphatic carbocycles. The summed E-state index contributed by atoms with van der Waals surface area (Å²) in [5, 5.41) is 0.638. The molecule has 1 aromatic heterocycles. The van der Waals surface area contributed by atoms with Gasteiger partial charge in [0.2, 0.25) is 0 Å². The lowest BCUT2D eigenvalue weighted by atomic mass is 9.94. The Kier molecular flexibility index (Phi) is 7.82. The zero-order chi connectivity index (χ0) is 23.4. The first-order chi connectivity index (χ1) is 16.0. The molecule has 176 valence electrons. The molecular weight excluding hydrogens is 439 g/mol. The van der Waals surface area contributed by atoms with E-state index in [1.54, 1.807) is 12.4 Å². The number of unbranched alkanes of at least 4 members (excludes halogenated alkanes) is 3. The van der Waals surface area contributed by atoms with E-state index in [0.717, 1.165) is 49.8 Å². The monoisotopic (exact) mass is 470 g/mol. The second-order valence-electron chi connectivity index (χ2n) is 9.21. The van der Waals surface area contributed by atoms with Crippen molar-refractivity contribution in [1.29, 1.82) is 0 Å². The summed E-state index contributed by atoms with van der Waals surface area (Å²) in [6, 6.07) is 7.37. The summed E-state index contributed by atoms with van der Waals surface area (Å²) < 4.78 is 23.4. The zero-order valence-corrected chi connectivity index (χ0v) is 20.3. The molecule has 1 saturated carbocycles. The van der Waals surface area contributed by atoms with Crippen LogP contribution in [-0.2, 0) is 17.7 Å². The summed E-state index contributed by atoms with van der Waals surface area (Å²) in [5.74, 6) is -0.0331. The predicted octanol–water partition coefficient (Wildman–Crippen LogP) is 6.92. The Labute approximate surface area is 200 Å². The molecule has 4 rings (SSSR count). The first kappa shape index (κ1) is 23.9. The van der Waals surface area contributed by atoms with Crippen LogP contribution < -0.4 is 0 Å². The molecule has 4 nitrogen and oxygen atoms in total. The largest absolute Gasteiger partial charge is 0.373 e. The number of fused-ring (bicyclic) bond motifs is 1. The van der Waals surface area contributed by atoms with E-state index < -0.39 is 5.82 Å². The van der Waals surface area contributed by atoms with Crippen molar-refractivity contribution in [1.82, 2.24) is 9.55 Å². The Hall–Kier alpha value is -2.24. The Morgan fingerprint density at radius 2 is 2.06 bits per heavy atom. The number of Topliss-reactive ketones (excluding diaryl/α,β-unsaturated/α-hetero) is 1. The van der Waals surface area contributed by atoms with Crippen molar-refractivity contribution >= 4 is 28.4 Å². The van der Waals surface area contributed by atoms with E-state index in [-0.39, 0.29) is 12.4 Å². The Bertz CT molecular complexity index is 1140. The van der Waals surface area contributed by atoms with E-state index >= 15 is 4.39 Å². The number of carbonyl (C=O) groups is 1. The normalized spacial score (nSPS) is 13.7. The molecule has 2 aromatic carbocycles. The highest BCUT2D eigenvalue weighted by atomic mass is 35.5. The number of imidazole rings is 1. The zero-order valence-electron chi connectivity index (χ0n) is 19.5. The molecule has 6 heteroatoms. The van der Waals surface area contributed by atoms with Crippen molar-refractivity contribution in [3.05, 3.63) is 63.7 Å². The highest BCUT2D eigenvalue weighted by Gasteiger charge is 2.24. The van der Waals surface area contributed by atoms with E-state index in [2.05, 4.69) is 11.9 Å². The van der Waals surface area contributed by atoms with Gasteiger partial charge < -0.3 is 9.30 Å². The number of aromatic nitrogens is 2. The summed E-state index contributed by atoms with van der Waals surface area (Å²) in [7, 11) is 0. The minimum atomic E-state index is -0.417. The quantitative estimate of drug-likeness (QED) is 0.213. The lowest BCUT2D eigenvalue weighted by Gasteiger charge is -2.14. The van der Waals surface area contributed by atoms with E-state index in [1.807, 2.05) is 29.7 Å². The summed E-state index contributed by atoms with van der Waals surface area (Å²) in [4.78, 5) is 17.6. The molecule has 0 saturated heterocycles. The van der Waals surface area contributed by atoms with Gasteiger partial charge in [-0.15, -0.1) is 0 Å². The summed E-state index contributed by atoms with van der Waals surface area (Å²) in [5.41, 5.74) is 3.66. The number of halogens is 2. The average Bonchev–Trinajstić information content (AvgIpc) is 3.52. The maximum absolute atomic E-state index is 15.8. The number of rotatable bonds is 12. The van der Waals surface area contributed by atoms with Crippen LogP contribution >= 0.6 is 11.6 Å². The maximum Gasteiger partial charge on any atom is 0.188 e. The fraction of sp³-hybridized carbons (Fsp3) is 0.481. The molecule has 1 aliphatic rings. The third-order valence-electron chi connectivity index (χ3n) is 6.47. The minimum absolute atomic E-state index is 0.0291. The summed E-state index contributed by atoms with van der Waals surface area (Å²) in [6.45, 7) is 5.45. The van der Waals surface area contributed by atoms with Crippen LogP contribution in [0.25, 0.3) is 11.0 Å². The number of hydrogen-bond acceptors (Lipinski definition) is 3. The van der Waals surface area contributed by atoms with Crippen LogP contribution in [0.4, 0.5) is 4.39 Å². The first-order valence-electron chi connectivity index (χ1n) is 12.0. The van der Waals surface area contributed by atoms with Crippen LogP contribution in [0.5, 0.6) is 0 Å². The van der Waals surface area contributed by atoms with Gasteiger partial charge in [-0.3, -0.25) is 4.79 Å². The minimum Gasteiger partial charge on any atom is -0.373 e. The van der Waals surface area contributed by atoms with Crippen molar-refractivity contribution in [2.24, 2.45) is 5.92 Å². The smallest absolute Gasteiger partial charge is 0.188 e. The number of hydrogen-bond donors (Lipinski definition) is 0. The van der Waals surface area contributed by atoms with Crippen LogP contribution in [0.15, 0.2) is 30.6 Å². The highest BCUT2D eigenvalue weighted by molar-refractivity contribution is 6.30. The molecule has 0 atom stereocenters. The maximum atomic E-state index is 15.8. The van der Waals surface area contributed by atoms with E-state index in [9.17, 15) is 4.79 Å². The van der Waals surface area contributed by atoms with Crippen molar-refractivity contribution in [2.45, 2.75) is 65.3 Å². The molecule has 0 aliphatic heterocycles. The van der Waals surface area contributed by atoms with Crippen molar-refractivity contribution < 1.29 is 13.9 Å². The molecule has 0 unspecified atom stereocenters. The Morgan fingerprint density at radius 3 is 2.79 bits per heavy atom. The van der Waals surface area contributed by atoms with Gasteiger partial charge in [0, 0.05) is 29.1 Å². The van der Waals surface area contributed by atoms with Crippen LogP contribution in [0.2, 0.25) is 5.02 Å². The average molecular weight is 471 g/mol. The topological polar surface area (TPSA) is 44.1 Å². The fourth-order valence-corrected chi connectivity index (χ4v) is 4.46. The van der Waals surface area contributed by atoms with Gasteiger partial charge in [0.15, 0.2) is 11.6 Å². The second kappa shape index (κ2) is 10.8. The standard InChI is InChI=1S/C27H32ClFN2O2/c1-3-4-5-6-11-31-17-30-27-24(31)14-22(25(32)16-33-15-19-7-8-19)23(26(27)29)13-20-9-10-21(28)12-18(20)2/h9-10,12,14,17,19H,3-8,11,13,15-16H2,1-2H3. The van der Waals surface area contributed by atoms with E-state index in [1.165, 1.54) is 6.42 Å². The molecule has 1 heterocycles. The Morgan fingerprint density at radius 1 is 1.24 bits per heavy atom. The lowest BCUT2D eigenvalue weighted by Crippen LogP contribution is -2.15. The molecule has 3 aromatic rings. The number of benzene rings is 2. The molecule has 0 radical (unpaired) electrons. The van der Waals surface area contributed by atoms with Gasteiger partial charge in [-0.05, 0) is 61.4 Å². The lowest BCUT2D eigenvalue weighted by molar-refractivity contribution is 0.0738. The van der Waals surface area contributed by atoms with Gasteiger partial charge >= 0.3 is 0 Å². The molecule has 0 amide bonds. The van der Waals surface area contributed by atoms with E-state index in [0.29, 0.717) is 46.1 Å². The van der Waals surface area contributed by atoms with Crippen LogP contribution in [0.3, 0.4) is 0 Å². The fourth-order valence-electron chi connectivity index (χ4n) is 4.23. The third kappa shape index (κ3) is 5.82. The van der Waals surface area contributed by atoms with Crippen molar-refractivity contribution in [3.8, 4) is 0 Å². The van der Waals surface area contributed by atoms with E-state index in [4.69, 9.17) is 16.3 Å². The van der Waals surface area contributed by atoms with Gasteiger partial charge in [0.25, 0.3) is 0 Å². The van der Waals surface area contributed by atoms with Crippen LogP contribution in [0.1, 0.15) is 72.5 Å². The van der Waals surface area contributed by atoms with Gasteiger partial charge in [0.05, 0.1) is 18.5 Å². The first-order valence-corrected chi connectivity index (χ1v) is 12.4. The molecule has 33 heavy (non-hydrogen) atoms. The molecular formula is C27H32ClFN2O2. The van der Waals surface area contributed by atoms with Gasteiger partial charge in [-0.1, -0.05) is 43.9 Å². The summed E-state index contributed by atoms with van der Waals surface area (Å²) in [6.07, 6.45) is 8.76. The number of ketones is 1. The molecule has 0 bridgehead atoms. The Balaban J connectivity index is 1.68. The van der Waals surface area contributed by atoms with Crippen molar-refractivity contribution in [2.75, 3.05) is 13.2 Å². The summed E-state index contributed by atoms with van der Waals surface area (Å²) >= 11 is 6.11. The molecule has 0 N–H and O–H groups in total.